The van der Waals surface area contributed by atoms with E-state index in [1.54, 1.807) is 12.1 Å². The van der Waals surface area contributed by atoms with Crippen molar-refractivity contribution in [2.75, 3.05) is 0 Å². The SMILES string of the molecule is O=C1CCCC(c2ccco2)C1=O. The molecule has 3 heteroatoms. The molecule has 2 rings (SSSR count). The van der Waals surface area contributed by atoms with Crippen LogP contribution in [0, 0.1) is 0 Å². The Hall–Kier alpha value is -1.38. The van der Waals surface area contributed by atoms with Gasteiger partial charge in [-0.2, -0.15) is 0 Å². The van der Waals surface area contributed by atoms with Gasteiger partial charge in [-0.3, -0.25) is 9.59 Å². The second-order valence-electron chi connectivity index (χ2n) is 3.25. The lowest BCUT2D eigenvalue weighted by atomic mass is 9.85. The normalized spacial score (nSPS) is 23.5. The topological polar surface area (TPSA) is 47.3 Å². The lowest BCUT2D eigenvalue weighted by molar-refractivity contribution is -0.139. The van der Waals surface area contributed by atoms with Crippen LogP contribution in [0.3, 0.4) is 0 Å². The molecule has 0 amide bonds. The maximum atomic E-state index is 11.4. The summed E-state index contributed by atoms with van der Waals surface area (Å²) in [6.07, 6.45) is 3.45. The minimum atomic E-state index is -0.323. The second kappa shape index (κ2) is 3.17. The molecule has 0 aromatic carbocycles. The first-order chi connectivity index (χ1) is 6.29. The Morgan fingerprint density at radius 2 is 2.23 bits per heavy atom. The van der Waals surface area contributed by atoms with Gasteiger partial charge in [-0.25, -0.2) is 0 Å². The van der Waals surface area contributed by atoms with Crippen molar-refractivity contribution in [3.05, 3.63) is 24.2 Å². The number of Topliss-reactive ketones (excluding diaryl/α,β-unsaturated/α-hetero) is 2. The molecule has 0 saturated heterocycles. The highest BCUT2D eigenvalue weighted by molar-refractivity contribution is 6.39. The lowest BCUT2D eigenvalue weighted by Crippen LogP contribution is -2.26. The molecule has 1 saturated carbocycles. The van der Waals surface area contributed by atoms with Crippen molar-refractivity contribution in [1.29, 1.82) is 0 Å². The predicted molar refractivity (Wildman–Crippen MR) is 45.3 cm³/mol. The third-order valence-electron chi connectivity index (χ3n) is 2.37. The highest BCUT2D eigenvalue weighted by atomic mass is 16.3. The molecule has 1 aromatic rings. The van der Waals surface area contributed by atoms with E-state index in [0.717, 1.165) is 12.8 Å². The zero-order valence-corrected chi connectivity index (χ0v) is 7.16. The van der Waals surface area contributed by atoms with Gasteiger partial charge in [0.25, 0.3) is 0 Å². The first kappa shape index (κ1) is 8.23. The van der Waals surface area contributed by atoms with E-state index >= 15 is 0 Å². The number of ketones is 2. The molecular weight excluding hydrogens is 168 g/mol. The van der Waals surface area contributed by atoms with Crippen molar-refractivity contribution in [2.24, 2.45) is 0 Å². The molecule has 0 N–H and O–H groups in total. The zero-order chi connectivity index (χ0) is 9.26. The molecule has 68 valence electrons. The molecule has 1 aliphatic carbocycles. The predicted octanol–water partition coefficient (Wildman–Crippen LogP) is 1.69. The second-order valence-corrected chi connectivity index (χ2v) is 3.25. The molecule has 13 heavy (non-hydrogen) atoms. The van der Waals surface area contributed by atoms with Crippen LogP contribution in [0.4, 0.5) is 0 Å². The van der Waals surface area contributed by atoms with Gasteiger partial charge in [-0.05, 0) is 25.0 Å². The molecule has 0 spiro atoms. The van der Waals surface area contributed by atoms with E-state index in [2.05, 4.69) is 0 Å². The molecule has 0 radical (unpaired) electrons. The van der Waals surface area contributed by atoms with Crippen LogP contribution in [0.15, 0.2) is 22.8 Å². The largest absolute Gasteiger partial charge is 0.469 e. The standard InChI is InChI=1S/C10H10O3/c11-8-4-1-3-7(10(8)12)9-5-2-6-13-9/h2,5-7H,1,3-4H2. The van der Waals surface area contributed by atoms with Gasteiger partial charge in [-0.1, -0.05) is 0 Å². The molecule has 3 nitrogen and oxygen atoms in total. The summed E-state index contributed by atoms with van der Waals surface area (Å²) >= 11 is 0. The van der Waals surface area contributed by atoms with Crippen LogP contribution in [0.25, 0.3) is 0 Å². The minimum Gasteiger partial charge on any atom is -0.469 e. The van der Waals surface area contributed by atoms with Crippen molar-refractivity contribution in [3.8, 4) is 0 Å². The van der Waals surface area contributed by atoms with Gasteiger partial charge in [-0.15, -0.1) is 0 Å². The third kappa shape index (κ3) is 1.41. The minimum absolute atomic E-state index is 0.257. The van der Waals surface area contributed by atoms with Crippen LogP contribution in [0.2, 0.25) is 0 Å². The van der Waals surface area contributed by atoms with Gasteiger partial charge in [0.2, 0.25) is 5.78 Å². The first-order valence-electron chi connectivity index (χ1n) is 4.39. The summed E-state index contributed by atoms with van der Waals surface area (Å²) in [4.78, 5) is 22.5. The third-order valence-corrected chi connectivity index (χ3v) is 2.37. The maximum Gasteiger partial charge on any atom is 0.208 e. The summed E-state index contributed by atoms with van der Waals surface area (Å²) in [6, 6.07) is 3.49. The van der Waals surface area contributed by atoms with E-state index in [-0.39, 0.29) is 17.5 Å². The number of furan rings is 1. The molecule has 0 bridgehead atoms. The Morgan fingerprint density at radius 1 is 1.38 bits per heavy atom. The average molecular weight is 178 g/mol. The quantitative estimate of drug-likeness (QED) is 0.615. The number of carbonyl (C=O) groups is 2. The summed E-state index contributed by atoms with van der Waals surface area (Å²) in [5, 5.41) is 0. The molecule has 1 heterocycles. The van der Waals surface area contributed by atoms with E-state index < -0.39 is 0 Å². The van der Waals surface area contributed by atoms with Crippen LogP contribution in [-0.4, -0.2) is 11.6 Å². The van der Waals surface area contributed by atoms with Crippen LogP contribution in [0.1, 0.15) is 30.9 Å². The molecule has 1 atom stereocenters. The Bertz CT molecular complexity index is 324. The summed E-state index contributed by atoms with van der Waals surface area (Å²) in [5.74, 6) is -0.247. The van der Waals surface area contributed by atoms with E-state index in [0.29, 0.717) is 12.2 Å². The number of hydrogen-bond acceptors (Lipinski definition) is 3. The van der Waals surface area contributed by atoms with E-state index in [1.807, 2.05) is 0 Å². The van der Waals surface area contributed by atoms with Crippen molar-refractivity contribution in [1.82, 2.24) is 0 Å². The van der Waals surface area contributed by atoms with E-state index in [4.69, 9.17) is 4.42 Å². The molecule has 1 fully saturated rings. The zero-order valence-electron chi connectivity index (χ0n) is 7.16. The Morgan fingerprint density at radius 3 is 2.92 bits per heavy atom. The van der Waals surface area contributed by atoms with Gasteiger partial charge >= 0.3 is 0 Å². The van der Waals surface area contributed by atoms with E-state index in [1.165, 1.54) is 6.26 Å². The van der Waals surface area contributed by atoms with Crippen molar-refractivity contribution in [3.63, 3.8) is 0 Å². The number of rotatable bonds is 1. The van der Waals surface area contributed by atoms with Gasteiger partial charge in [0.1, 0.15) is 5.76 Å². The summed E-state index contributed by atoms with van der Waals surface area (Å²) < 4.78 is 5.12. The monoisotopic (exact) mass is 178 g/mol. The van der Waals surface area contributed by atoms with Crippen LogP contribution >= 0.6 is 0 Å². The van der Waals surface area contributed by atoms with Crippen LogP contribution < -0.4 is 0 Å². The van der Waals surface area contributed by atoms with Crippen molar-refractivity contribution < 1.29 is 14.0 Å². The fourth-order valence-corrected chi connectivity index (χ4v) is 1.68. The van der Waals surface area contributed by atoms with Gasteiger partial charge in [0, 0.05) is 6.42 Å². The molecule has 1 aliphatic rings. The molecule has 1 aromatic heterocycles. The summed E-state index contributed by atoms with van der Waals surface area (Å²) in [6.45, 7) is 0. The highest BCUT2D eigenvalue weighted by Crippen LogP contribution is 2.28. The number of hydrogen-bond donors (Lipinski definition) is 0. The van der Waals surface area contributed by atoms with Crippen molar-refractivity contribution >= 4 is 11.6 Å². The summed E-state index contributed by atoms with van der Waals surface area (Å²) in [5.41, 5.74) is 0. The van der Waals surface area contributed by atoms with Crippen molar-refractivity contribution in [2.45, 2.75) is 25.2 Å². The van der Waals surface area contributed by atoms with Gasteiger partial charge in [0.15, 0.2) is 5.78 Å². The Balaban J connectivity index is 2.24. The fraction of sp³-hybridized carbons (Fsp3) is 0.400. The number of carbonyl (C=O) groups excluding carboxylic acids is 2. The average Bonchev–Trinajstić information content (AvgIpc) is 2.62. The Labute approximate surface area is 75.7 Å². The summed E-state index contributed by atoms with van der Waals surface area (Å²) in [7, 11) is 0. The van der Waals surface area contributed by atoms with Gasteiger partial charge < -0.3 is 4.42 Å². The van der Waals surface area contributed by atoms with Crippen LogP contribution in [0.5, 0.6) is 0 Å². The smallest absolute Gasteiger partial charge is 0.208 e. The van der Waals surface area contributed by atoms with Gasteiger partial charge in [0.05, 0.1) is 12.2 Å². The maximum absolute atomic E-state index is 11.4. The van der Waals surface area contributed by atoms with Crippen LogP contribution in [-0.2, 0) is 9.59 Å². The molecule has 1 unspecified atom stereocenters. The fourth-order valence-electron chi connectivity index (χ4n) is 1.68. The molecular formula is C10H10O3. The molecule has 0 aliphatic heterocycles. The Kier molecular flexibility index (Phi) is 2.00. The van der Waals surface area contributed by atoms with E-state index in [9.17, 15) is 9.59 Å². The first-order valence-corrected chi connectivity index (χ1v) is 4.39. The lowest BCUT2D eigenvalue weighted by Gasteiger charge is -2.16. The highest BCUT2D eigenvalue weighted by Gasteiger charge is 2.31.